The topological polar surface area (TPSA) is 63.8 Å². The Morgan fingerprint density at radius 3 is 2.86 bits per heavy atom. The average Bonchev–Trinajstić information content (AvgIpc) is 2.80. The number of aromatic nitrogens is 2. The number of aromatic carboxylic acids is 1. The van der Waals surface area contributed by atoms with Crippen LogP contribution in [0, 0.1) is 5.82 Å². The summed E-state index contributed by atoms with van der Waals surface area (Å²) < 4.78 is 19.9. The molecule has 0 amide bonds. The van der Waals surface area contributed by atoms with Crippen LogP contribution in [-0.2, 0) is 0 Å². The van der Waals surface area contributed by atoms with Crippen molar-refractivity contribution >= 4 is 23.2 Å². The molecule has 3 rings (SSSR count). The molecule has 0 unspecified atom stereocenters. The van der Waals surface area contributed by atoms with Crippen molar-refractivity contribution in [2.24, 2.45) is 0 Å². The monoisotopic (exact) mass is 306 g/mol. The number of imidazole rings is 1. The molecule has 2 heterocycles. The summed E-state index contributed by atoms with van der Waals surface area (Å²) in [6, 6.07) is 8.79. The molecule has 5 nitrogen and oxygen atoms in total. The van der Waals surface area contributed by atoms with Crippen molar-refractivity contribution < 1.29 is 19.0 Å². The molecule has 0 aliphatic carbocycles. The number of pyridine rings is 1. The van der Waals surface area contributed by atoms with E-state index < -0.39 is 11.8 Å². The van der Waals surface area contributed by atoms with Crippen molar-refractivity contribution in [1.29, 1.82) is 0 Å². The summed E-state index contributed by atoms with van der Waals surface area (Å²) in [6.07, 6.45) is 1.57. The minimum atomic E-state index is -1.18. The number of carboxylic acid groups (broad SMARTS) is 1. The van der Waals surface area contributed by atoms with E-state index in [1.54, 1.807) is 24.4 Å². The first-order chi connectivity index (χ1) is 10.1. The van der Waals surface area contributed by atoms with Gasteiger partial charge in [0, 0.05) is 12.3 Å². The fourth-order valence-electron chi connectivity index (χ4n) is 1.89. The van der Waals surface area contributed by atoms with Crippen molar-refractivity contribution in [1.82, 2.24) is 9.38 Å². The molecule has 1 N–H and O–H groups in total. The second-order valence-corrected chi connectivity index (χ2v) is 4.58. The number of hydrogen-bond donors (Lipinski definition) is 1. The molecule has 0 spiro atoms. The van der Waals surface area contributed by atoms with Gasteiger partial charge in [-0.25, -0.2) is 9.18 Å². The summed E-state index contributed by atoms with van der Waals surface area (Å²) in [5, 5.41) is 9.18. The van der Waals surface area contributed by atoms with Crippen molar-refractivity contribution in [2.75, 3.05) is 0 Å². The third-order valence-electron chi connectivity index (χ3n) is 2.81. The van der Waals surface area contributed by atoms with Crippen LogP contribution >= 0.6 is 11.6 Å². The zero-order chi connectivity index (χ0) is 15.0. The van der Waals surface area contributed by atoms with Crippen LogP contribution in [0.15, 0.2) is 42.6 Å². The highest BCUT2D eigenvalue weighted by atomic mass is 35.5. The van der Waals surface area contributed by atoms with E-state index >= 15 is 0 Å². The Labute approximate surface area is 123 Å². The van der Waals surface area contributed by atoms with E-state index in [4.69, 9.17) is 16.3 Å². The molecule has 3 aromatic rings. The molecule has 7 heteroatoms. The number of nitrogens with zero attached hydrogens (tertiary/aromatic N) is 2. The Morgan fingerprint density at radius 2 is 2.14 bits per heavy atom. The summed E-state index contributed by atoms with van der Waals surface area (Å²) in [5.41, 5.74) is 0.309. The highest BCUT2D eigenvalue weighted by Crippen LogP contribution is 2.28. The first-order valence-corrected chi connectivity index (χ1v) is 6.27. The van der Waals surface area contributed by atoms with Crippen LogP contribution in [0.25, 0.3) is 5.65 Å². The molecule has 0 radical (unpaired) electrons. The van der Waals surface area contributed by atoms with E-state index in [9.17, 15) is 14.3 Å². The lowest BCUT2D eigenvalue weighted by Crippen LogP contribution is -2.03. The molecular formula is C14H8ClFN2O3. The Kier molecular flexibility index (Phi) is 3.23. The molecule has 0 fully saturated rings. The Morgan fingerprint density at radius 1 is 1.33 bits per heavy atom. The molecular weight excluding hydrogens is 299 g/mol. The number of carbonyl (C=O) groups is 1. The predicted molar refractivity (Wildman–Crippen MR) is 73.6 cm³/mol. The number of benzene rings is 1. The van der Waals surface area contributed by atoms with Crippen molar-refractivity contribution in [3.63, 3.8) is 0 Å². The van der Waals surface area contributed by atoms with Gasteiger partial charge in [-0.15, -0.1) is 0 Å². The van der Waals surface area contributed by atoms with E-state index in [1.807, 2.05) is 0 Å². The van der Waals surface area contributed by atoms with Crippen LogP contribution in [0.5, 0.6) is 11.6 Å². The van der Waals surface area contributed by atoms with Crippen LogP contribution in [-0.4, -0.2) is 20.5 Å². The molecule has 21 heavy (non-hydrogen) atoms. The smallest absolute Gasteiger partial charge is 0.358 e. The summed E-state index contributed by atoms with van der Waals surface area (Å²) in [4.78, 5) is 15.5. The van der Waals surface area contributed by atoms with Gasteiger partial charge in [0.05, 0.1) is 5.02 Å². The lowest BCUT2D eigenvalue weighted by molar-refractivity contribution is 0.0686. The lowest BCUT2D eigenvalue weighted by Gasteiger charge is -2.04. The third-order valence-corrected chi connectivity index (χ3v) is 3.10. The van der Waals surface area contributed by atoms with Crippen LogP contribution in [0.2, 0.25) is 5.02 Å². The minimum absolute atomic E-state index is 0.0867. The molecule has 2 aromatic heterocycles. The van der Waals surface area contributed by atoms with Gasteiger partial charge in [0.15, 0.2) is 5.69 Å². The first kappa shape index (κ1) is 13.4. The molecule has 106 valence electrons. The van der Waals surface area contributed by atoms with Crippen LogP contribution < -0.4 is 4.74 Å². The molecule has 0 aliphatic heterocycles. The van der Waals surface area contributed by atoms with E-state index in [-0.39, 0.29) is 22.3 Å². The van der Waals surface area contributed by atoms with E-state index in [2.05, 4.69) is 4.98 Å². The number of carboxylic acids is 1. The van der Waals surface area contributed by atoms with Crippen molar-refractivity contribution in [3.8, 4) is 11.6 Å². The summed E-state index contributed by atoms with van der Waals surface area (Å²) in [6.45, 7) is 0. The highest BCUT2D eigenvalue weighted by molar-refractivity contribution is 6.30. The molecule has 1 aromatic carbocycles. The number of rotatable bonds is 3. The zero-order valence-electron chi connectivity index (χ0n) is 10.5. The average molecular weight is 307 g/mol. The molecule has 0 atom stereocenters. The van der Waals surface area contributed by atoms with Crippen LogP contribution in [0.3, 0.4) is 0 Å². The third kappa shape index (κ3) is 2.41. The Balaban J connectivity index is 2.09. The fraction of sp³-hybridized carbons (Fsp3) is 0. The van der Waals surface area contributed by atoms with Gasteiger partial charge in [0.2, 0.25) is 0 Å². The lowest BCUT2D eigenvalue weighted by atomic mass is 10.3. The van der Waals surface area contributed by atoms with Gasteiger partial charge in [0.25, 0.3) is 5.88 Å². The maximum atomic E-state index is 13.1. The second kappa shape index (κ2) is 5.06. The Bertz CT molecular complexity index is 847. The number of halogens is 2. The van der Waals surface area contributed by atoms with Crippen LogP contribution in [0.4, 0.5) is 4.39 Å². The first-order valence-electron chi connectivity index (χ1n) is 5.89. The molecule has 0 saturated heterocycles. The maximum Gasteiger partial charge on any atom is 0.358 e. The maximum absolute atomic E-state index is 13.1. The minimum Gasteiger partial charge on any atom is -0.476 e. The van der Waals surface area contributed by atoms with Gasteiger partial charge in [0.1, 0.15) is 17.2 Å². The van der Waals surface area contributed by atoms with E-state index in [0.29, 0.717) is 5.65 Å². The largest absolute Gasteiger partial charge is 0.476 e. The van der Waals surface area contributed by atoms with E-state index in [1.165, 1.54) is 16.5 Å². The second-order valence-electron chi connectivity index (χ2n) is 4.18. The van der Waals surface area contributed by atoms with Gasteiger partial charge in [-0.3, -0.25) is 4.40 Å². The van der Waals surface area contributed by atoms with Crippen molar-refractivity contribution in [3.05, 3.63) is 59.1 Å². The highest BCUT2D eigenvalue weighted by Gasteiger charge is 2.20. The summed E-state index contributed by atoms with van der Waals surface area (Å²) in [7, 11) is 0. The van der Waals surface area contributed by atoms with Crippen molar-refractivity contribution in [2.45, 2.75) is 0 Å². The number of fused-ring (bicyclic) bond motifs is 1. The van der Waals surface area contributed by atoms with Gasteiger partial charge in [-0.2, -0.15) is 4.98 Å². The van der Waals surface area contributed by atoms with E-state index in [0.717, 1.165) is 6.07 Å². The van der Waals surface area contributed by atoms with Gasteiger partial charge >= 0.3 is 5.97 Å². The Hall–Kier alpha value is -2.60. The zero-order valence-corrected chi connectivity index (χ0v) is 11.2. The number of hydrogen-bond acceptors (Lipinski definition) is 3. The standard InChI is InChI=1S/C14H8ClFN2O3/c15-9-7-8(4-5-10(9)16)21-13-12(14(19)20)18-6-2-1-3-11(18)17-13/h1-7H,(H,19,20). The molecule has 0 saturated carbocycles. The fourth-order valence-corrected chi connectivity index (χ4v) is 2.06. The van der Waals surface area contributed by atoms with Gasteiger partial charge < -0.3 is 9.84 Å². The predicted octanol–water partition coefficient (Wildman–Crippen LogP) is 3.62. The molecule has 0 aliphatic rings. The summed E-state index contributed by atoms with van der Waals surface area (Å²) >= 11 is 5.66. The van der Waals surface area contributed by atoms with Gasteiger partial charge in [-0.05, 0) is 24.3 Å². The quantitative estimate of drug-likeness (QED) is 0.802. The SMILES string of the molecule is O=C(O)c1c(Oc2ccc(F)c(Cl)c2)nc2ccccn12. The van der Waals surface area contributed by atoms with Gasteiger partial charge in [-0.1, -0.05) is 17.7 Å². The molecule has 0 bridgehead atoms. The van der Waals surface area contributed by atoms with Crippen LogP contribution in [0.1, 0.15) is 10.5 Å². The summed E-state index contributed by atoms with van der Waals surface area (Å²) in [5.74, 6) is -1.65. The number of ether oxygens (including phenoxy) is 1. The normalized spacial score (nSPS) is 10.8.